The number of nitrogens with one attached hydrogen (secondary N) is 1. The Balaban J connectivity index is 2.10. The van der Waals surface area contributed by atoms with Crippen LogP contribution >= 0.6 is 11.6 Å². The summed E-state index contributed by atoms with van der Waals surface area (Å²) in [6, 6.07) is 7.31. The third-order valence-corrected chi connectivity index (χ3v) is 2.91. The van der Waals surface area contributed by atoms with E-state index in [0.717, 1.165) is 5.76 Å². The number of carbonyl (C=O) groups is 1. The Kier molecular flexibility index (Phi) is 4.39. The van der Waals surface area contributed by atoms with Crippen molar-refractivity contribution in [2.75, 3.05) is 5.32 Å². The van der Waals surface area contributed by atoms with Crippen LogP contribution in [0, 0.1) is 17.0 Å². The van der Waals surface area contributed by atoms with Gasteiger partial charge in [-0.2, -0.15) is 0 Å². The van der Waals surface area contributed by atoms with Crippen molar-refractivity contribution < 1.29 is 14.1 Å². The second-order valence-corrected chi connectivity index (χ2v) is 4.60. The van der Waals surface area contributed by atoms with E-state index in [4.69, 9.17) is 16.0 Å². The lowest BCUT2D eigenvalue weighted by atomic mass is 10.2. The number of amides is 1. The van der Waals surface area contributed by atoms with Gasteiger partial charge in [-0.3, -0.25) is 14.9 Å². The molecule has 0 bridgehead atoms. The van der Waals surface area contributed by atoms with Gasteiger partial charge in [0.15, 0.2) is 0 Å². The molecule has 1 N–H and O–H groups in total. The molecule has 0 spiro atoms. The molecule has 0 radical (unpaired) electrons. The van der Waals surface area contributed by atoms with Gasteiger partial charge in [0.1, 0.15) is 11.5 Å². The van der Waals surface area contributed by atoms with Crippen molar-refractivity contribution in [1.82, 2.24) is 0 Å². The number of hydrogen-bond acceptors (Lipinski definition) is 4. The molecule has 1 aromatic carbocycles. The number of nitro benzene ring substituents is 1. The second kappa shape index (κ2) is 6.23. The van der Waals surface area contributed by atoms with Crippen LogP contribution in [0.4, 0.5) is 11.4 Å². The van der Waals surface area contributed by atoms with Crippen LogP contribution in [0.3, 0.4) is 0 Å². The van der Waals surface area contributed by atoms with Gasteiger partial charge in [0.05, 0.1) is 15.6 Å². The molecule has 1 amide bonds. The number of aryl methyl sites for hydroxylation is 1. The molecule has 1 aromatic heterocycles. The van der Waals surface area contributed by atoms with Crippen molar-refractivity contribution in [2.24, 2.45) is 0 Å². The molecule has 0 unspecified atom stereocenters. The van der Waals surface area contributed by atoms with Gasteiger partial charge in [-0.25, -0.2) is 0 Å². The first-order valence-electron chi connectivity index (χ1n) is 5.95. The molecule has 0 saturated heterocycles. The maximum absolute atomic E-state index is 11.8. The number of halogens is 1. The minimum atomic E-state index is -0.562. The average molecular weight is 307 g/mol. The highest BCUT2D eigenvalue weighted by Crippen LogP contribution is 2.26. The molecule has 108 valence electrons. The molecule has 0 saturated carbocycles. The van der Waals surface area contributed by atoms with Crippen LogP contribution in [-0.2, 0) is 4.79 Å². The number of carbonyl (C=O) groups excluding carboxylic acids is 1. The molecular formula is C14H11ClN2O4. The Morgan fingerprint density at radius 3 is 2.76 bits per heavy atom. The lowest BCUT2D eigenvalue weighted by Gasteiger charge is -2.04. The molecule has 0 aliphatic heterocycles. The van der Waals surface area contributed by atoms with Crippen molar-refractivity contribution in [1.29, 1.82) is 0 Å². The van der Waals surface area contributed by atoms with E-state index in [-0.39, 0.29) is 16.4 Å². The lowest BCUT2D eigenvalue weighted by Crippen LogP contribution is -2.08. The monoisotopic (exact) mass is 306 g/mol. The van der Waals surface area contributed by atoms with Gasteiger partial charge in [0, 0.05) is 18.2 Å². The fourth-order valence-corrected chi connectivity index (χ4v) is 1.76. The minimum absolute atomic E-state index is 0.152. The van der Waals surface area contributed by atoms with E-state index in [1.165, 1.54) is 30.4 Å². The van der Waals surface area contributed by atoms with Gasteiger partial charge in [0.25, 0.3) is 5.69 Å². The van der Waals surface area contributed by atoms with Crippen molar-refractivity contribution in [3.63, 3.8) is 0 Å². The largest absolute Gasteiger partial charge is 0.462 e. The third kappa shape index (κ3) is 3.93. The zero-order chi connectivity index (χ0) is 15.4. The number of benzene rings is 1. The Hall–Kier alpha value is -2.60. The van der Waals surface area contributed by atoms with Crippen molar-refractivity contribution >= 4 is 35.0 Å². The number of anilines is 1. The van der Waals surface area contributed by atoms with E-state index in [9.17, 15) is 14.9 Å². The summed E-state index contributed by atoms with van der Waals surface area (Å²) >= 11 is 5.89. The molecule has 0 atom stereocenters. The van der Waals surface area contributed by atoms with Crippen LogP contribution in [0.25, 0.3) is 6.08 Å². The van der Waals surface area contributed by atoms with Gasteiger partial charge in [-0.1, -0.05) is 11.6 Å². The highest BCUT2D eigenvalue weighted by molar-refractivity contribution is 6.34. The molecule has 7 heteroatoms. The first kappa shape index (κ1) is 14.8. The molecule has 0 aliphatic carbocycles. The van der Waals surface area contributed by atoms with E-state index >= 15 is 0 Å². The Morgan fingerprint density at radius 2 is 2.14 bits per heavy atom. The molecule has 6 nitrogen and oxygen atoms in total. The van der Waals surface area contributed by atoms with Crippen LogP contribution < -0.4 is 5.32 Å². The maximum Gasteiger partial charge on any atom is 0.271 e. The summed E-state index contributed by atoms with van der Waals surface area (Å²) in [5.74, 6) is 0.802. The number of rotatable bonds is 4. The van der Waals surface area contributed by atoms with Crippen LogP contribution in [0.15, 0.2) is 40.8 Å². The van der Waals surface area contributed by atoms with Crippen LogP contribution in [0.1, 0.15) is 11.5 Å². The van der Waals surface area contributed by atoms with E-state index in [2.05, 4.69) is 5.32 Å². The summed E-state index contributed by atoms with van der Waals surface area (Å²) in [5, 5.41) is 13.4. The lowest BCUT2D eigenvalue weighted by molar-refractivity contribution is -0.384. The topological polar surface area (TPSA) is 85.4 Å². The standard InChI is InChI=1S/C14H11ClN2O4/c1-9-2-4-11(21-9)5-7-14(18)16-13-8-10(17(19)20)3-6-12(13)15/h2-8H,1H3,(H,16,18). The Morgan fingerprint density at radius 1 is 1.38 bits per heavy atom. The molecular weight excluding hydrogens is 296 g/mol. The van der Waals surface area contributed by atoms with E-state index in [0.29, 0.717) is 5.76 Å². The summed E-state index contributed by atoms with van der Waals surface area (Å²) in [6.07, 6.45) is 2.75. The summed E-state index contributed by atoms with van der Waals surface area (Å²) in [5.41, 5.74) is 0.0245. The first-order chi connectivity index (χ1) is 9.95. The normalized spacial score (nSPS) is 10.8. The molecule has 0 aliphatic rings. The molecule has 0 fully saturated rings. The number of hydrogen-bond donors (Lipinski definition) is 1. The Bertz CT molecular complexity index is 722. The van der Waals surface area contributed by atoms with Gasteiger partial charge in [0.2, 0.25) is 5.91 Å². The molecule has 2 rings (SSSR count). The van der Waals surface area contributed by atoms with Gasteiger partial charge in [-0.15, -0.1) is 0 Å². The smallest absolute Gasteiger partial charge is 0.271 e. The minimum Gasteiger partial charge on any atom is -0.462 e. The van der Waals surface area contributed by atoms with Gasteiger partial charge in [-0.05, 0) is 31.2 Å². The second-order valence-electron chi connectivity index (χ2n) is 4.19. The average Bonchev–Trinajstić information content (AvgIpc) is 2.84. The van der Waals surface area contributed by atoms with Crippen molar-refractivity contribution in [2.45, 2.75) is 6.92 Å². The SMILES string of the molecule is Cc1ccc(C=CC(=O)Nc2cc([N+](=O)[O-])ccc2Cl)o1. The van der Waals surface area contributed by atoms with E-state index < -0.39 is 10.8 Å². The van der Waals surface area contributed by atoms with Gasteiger partial charge >= 0.3 is 0 Å². The fourth-order valence-electron chi connectivity index (χ4n) is 1.60. The van der Waals surface area contributed by atoms with E-state index in [1.807, 2.05) is 0 Å². The number of nitrogens with zero attached hydrogens (tertiary/aromatic N) is 1. The number of nitro groups is 1. The van der Waals surface area contributed by atoms with E-state index in [1.54, 1.807) is 19.1 Å². The summed E-state index contributed by atoms with van der Waals surface area (Å²) < 4.78 is 5.28. The molecule has 21 heavy (non-hydrogen) atoms. The molecule has 2 aromatic rings. The zero-order valence-corrected chi connectivity index (χ0v) is 11.8. The van der Waals surface area contributed by atoms with Crippen LogP contribution in [0.5, 0.6) is 0 Å². The van der Waals surface area contributed by atoms with Gasteiger partial charge < -0.3 is 9.73 Å². The predicted molar refractivity (Wildman–Crippen MR) is 79.2 cm³/mol. The fraction of sp³-hybridized carbons (Fsp3) is 0.0714. The zero-order valence-electron chi connectivity index (χ0n) is 11.0. The summed E-state index contributed by atoms with van der Waals surface area (Å²) in [6.45, 7) is 1.79. The quantitative estimate of drug-likeness (QED) is 0.529. The first-order valence-corrected chi connectivity index (χ1v) is 6.33. The third-order valence-electron chi connectivity index (χ3n) is 2.58. The molecule has 1 heterocycles. The van der Waals surface area contributed by atoms with Crippen molar-refractivity contribution in [3.05, 3.63) is 63.1 Å². The summed E-state index contributed by atoms with van der Waals surface area (Å²) in [7, 11) is 0. The maximum atomic E-state index is 11.8. The van der Waals surface area contributed by atoms with Crippen molar-refractivity contribution in [3.8, 4) is 0 Å². The number of non-ortho nitro benzene ring substituents is 1. The number of furan rings is 1. The highest BCUT2D eigenvalue weighted by atomic mass is 35.5. The Labute approximate surface area is 125 Å². The van der Waals surface area contributed by atoms with Crippen LogP contribution in [0.2, 0.25) is 5.02 Å². The summed E-state index contributed by atoms with van der Waals surface area (Å²) in [4.78, 5) is 21.9. The predicted octanol–water partition coefficient (Wildman–Crippen LogP) is 3.80. The van der Waals surface area contributed by atoms with Crippen LogP contribution in [-0.4, -0.2) is 10.8 Å². The highest BCUT2D eigenvalue weighted by Gasteiger charge is 2.11.